The first-order chi connectivity index (χ1) is 6.74. The van der Waals surface area contributed by atoms with Crippen LogP contribution < -0.4 is 11.4 Å². The molecule has 74 valence electrons. The molecule has 1 unspecified atom stereocenters. The number of nitrogens with one attached hydrogen (secondary N) is 1. The van der Waals surface area contributed by atoms with Gasteiger partial charge in [0.15, 0.2) is 0 Å². The topological polar surface area (TPSA) is 63.8 Å². The number of rotatable bonds is 2. The summed E-state index contributed by atoms with van der Waals surface area (Å²) in [5, 5.41) is 0. The lowest BCUT2D eigenvalue weighted by molar-refractivity contribution is 0.557. The summed E-state index contributed by atoms with van der Waals surface area (Å²) < 4.78 is 1.69. The van der Waals surface area contributed by atoms with Crippen LogP contribution in [0.15, 0.2) is 29.1 Å². The Kier molecular flexibility index (Phi) is 2.13. The van der Waals surface area contributed by atoms with Gasteiger partial charge in [0.25, 0.3) is 0 Å². The molecular weight excluding hydrogens is 178 g/mol. The number of aromatic amines is 1. The first-order valence-electron chi connectivity index (χ1n) is 4.63. The van der Waals surface area contributed by atoms with Crippen molar-refractivity contribution in [3.05, 3.63) is 34.7 Å². The van der Waals surface area contributed by atoms with E-state index >= 15 is 0 Å². The summed E-state index contributed by atoms with van der Waals surface area (Å²) in [6.07, 6.45) is 0. The monoisotopic (exact) mass is 191 g/mol. The van der Waals surface area contributed by atoms with Crippen molar-refractivity contribution in [1.82, 2.24) is 9.55 Å². The van der Waals surface area contributed by atoms with E-state index in [1.54, 1.807) is 4.57 Å². The summed E-state index contributed by atoms with van der Waals surface area (Å²) in [6, 6.07) is 7.64. The number of H-pyrrole nitrogens is 1. The second kappa shape index (κ2) is 3.31. The fourth-order valence-electron chi connectivity index (χ4n) is 1.62. The summed E-state index contributed by atoms with van der Waals surface area (Å²) in [7, 11) is 0. The zero-order valence-corrected chi connectivity index (χ0v) is 8.03. The van der Waals surface area contributed by atoms with E-state index in [4.69, 9.17) is 5.73 Å². The van der Waals surface area contributed by atoms with Gasteiger partial charge in [0, 0.05) is 12.6 Å². The molecule has 0 spiro atoms. The van der Waals surface area contributed by atoms with Crippen molar-refractivity contribution in [1.29, 1.82) is 0 Å². The number of benzene rings is 1. The van der Waals surface area contributed by atoms with E-state index in [2.05, 4.69) is 4.98 Å². The minimum atomic E-state index is -0.0934. The zero-order valence-electron chi connectivity index (χ0n) is 8.03. The van der Waals surface area contributed by atoms with E-state index in [0.29, 0.717) is 6.54 Å². The standard InChI is InChI=1S/C10H13N3O/c1-7(6-11)13-9-5-3-2-4-8(9)12-10(13)14/h2-5,7H,6,11H2,1H3,(H,12,14). The number of nitrogens with two attached hydrogens (primary N) is 1. The average molecular weight is 191 g/mol. The zero-order chi connectivity index (χ0) is 10.1. The van der Waals surface area contributed by atoms with Crippen LogP contribution in [0.1, 0.15) is 13.0 Å². The van der Waals surface area contributed by atoms with E-state index in [0.717, 1.165) is 11.0 Å². The lowest BCUT2D eigenvalue weighted by atomic mass is 10.3. The Hall–Kier alpha value is -1.55. The molecule has 3 N–H and O–H groups in total. The normalized spacial score (nSPS) is 13.3. The number of hydrogen-bond acceptors (Lipinski definition) is 2. The summed E-state index contributed by atoms with van der Waals surface area (Å²) in [4.78, 5) is 14.4. The molecule has 0 amide bonds. The largest absolute Gasteiger partial charge is 0.328 e. The first kappa shape index (κ1) is 9.02. The summed E-state index contributed by atoms with van der Waals surface area (Å²) >= 11 is 0. The van der Waals surface area contributed by atoms with E-state index in [1.807, 2.05) is 31.2 Å². The molecule has 0 bridgehead atoms. The molecule has 2 rings (SSSR count). The van der Waals surface area contributed by atoms with E-state index in [9.17, 15) is 4.79 Å². The minimum absolute atomic E-state index is 0.0265. The molecule has 0 aliphatic rings. The number of nitrogens with zero attached hydrogens (tertiary/aromatic N) is 1. The molecule has 1 aromatic carbocycles. The van der Waals surface area contributed by atoms with E-state index in [1.165, 1.54) is 0 Å². The van der Waals surface area contributed by atoms with Gasteiger partial charge in [-0.05, 0) is 19.1 Å². The Morgan fingerprint density at radius 1 is 1.50 bits per heavy atom. The SMILES string of the molecule is CC(CN)n1c(=O)[nH]c2ccccc21. The van der Waals surface area contributed by atoms with Crippen LogP contribution in [0.4, 0.5) is 0 Å². The van der Waals surface area contributed by atoms with Crippen LogP contribution in [-0.2, 0) is 0 Å². The molecular formula is C10H13N3O. The summed E-state index contributed by atoms with van der Waals surface area (Å²) in [6.45, 7) is 2.39. The molecule has 4 heteroatoms. The minimum Gasteiger partial charge on any atom is -0.328 e. The van der Waals surface area contributed by atoms with E-state index < -0.39 is 0 Å². The number of hydrogen-bond donors (Lipinski definition) is 2. The Bertz CT molecular complexity index is 497. The maximum atomic E-state index is 11.6. The van der Waals surface area contributed by atoms with Crippen molar-refractivity contribution in [2.24, 2.45) is 5.73 Å². The molecule has 0 radical (unpaired) electrons. The second-order valence-corrected chi connectivity index (χ2v) is 3.40. The molecule has 1 atom stereocenters. The van der Waals surface area contributed by atoms with Crippen LogP contribution in [-0.4, -0.2) is 16.1 Å². The van der Waals surface area contributed by atoms with Crippen molar-refractivity contribution in [2.45, 2.75) is 13.0 Å². The molecule has 0 aliphatic carbocycles. The molecule has 1 heterocycles. The fourth-order valence-corrected chi connectivity index (χ4v) is 1.62. The molecule has 4 nitrogen and oxygen atoms in total. The maximum Gasteiger partial charge on any atom is 0.326 e. The quantitative estimate of drug-likeness (QED) is 0.739. The fraction of sp³-hybridized carbons (Fsp3) is 0.300. The van der Waals surface area contributed by atoms with Gasteiger partial charge in [0.1, 0.15) is 0 Å². The summed E-state index contributed by atoms with van der Waals surface area (Å²) in [5.41, 5.74) is 7.23. The van der Waals surface area contributed by atoms with Gasteiger partial charge in [0.05, 0.1) is 11.0 Å². The van der Waals surface area contributed by atoms with Gasteiger partial charge in [0.2, 0.25) is 0 Å². The molecule has 2 aromatic rings. The van der Waals surface area contributed by atoms with E-state index in [-0.39, 0.29) is 11.7 Å². The van der Waals surface area contributed by atoms with Crippen LogP contribution in [0.3, 0.4) is 0 Å². The molecule has 0 fully saturated rings. The van der Waals surface area contributed by atoms with Crippen molar-refractivity contribution in [2.75, 3.05) is 6.54 Å². The lowest BCUT2D eigenvalue weighted by Crippen LogP contribution is -2.25. The molecule has 0 saturated heterocycles. The maximum absolute atomic E-state index is 11.6. The van der Waals surface area contributed by atoms with Gasteiger partial charge in [-0.1, -0.05) is 12.1 Å². The number of fused-ring (bicyclic) bond motifs is 1. The predicted octanol–water partition coefficient (Wildman–Crippen LogP) is 0.849. The molecule has 0 aliphatic heterocycles. The van der Waals surface area contributed by atoms with Gasteiger partial charge in [-0.3, -0.25) is 4.57 Å². The highest BCUT2D eigenvalue weighted by Crippen LogP contribution is 2.12. The smallest absolute Gasteiger partial charge is 0.326 e. The number of para-hydroxylation sites is 2. The number of imidazole rings is 1. The second-order valence-electron chi connectivity index (χ2n) is 3.40. The first-order valence-corrected chi connectivity index (χ1v) is 4.63. The van der Waals surface area contributed by atoms with Gasteiger partial charge in [-0.15, -0.1) is 0 Å². The van der Waals surface area contributed by atoms with Crippen LogP contribution in [0, 0.1) is 0 Å². The molecule has 0 saturated carbocycles. The van der Waals surface area contributed by atoms with Crippen molar-refractivity contribution >= 4 is 11.0 Å². The van der Waals surface area contributed by atoms with Crippen LogP contribution >= 0.6 is 0 Å². The Morgan fingerprint density at radius 2 is 2.21 bits per heavy atom. The third kappa shape index (κ3) is 1.24. The Balaban J connectivity index is 2.74. The predicted molar refractivity (Wildman–Crippen MR) is 56.3 cm³/mol. The van der Waals surface area contributed by atoms with Crippen LogP contribution in [0.2, 0.25) is 0 Å². The Morgan fingerprint density at radius 3 is 2.93 bits per heavy atom. The third-order valence-electron chi connectivity index (χ3n) is 2.41. The highest BCUT2D eigenvalue weighted by Gasteiger charge is 2.10. The van der Waals surface area contributed by atoms with Crippen molar-refractivity contribution in [3.8, 4) is 0 Å². The van der Waals surface area contributed by atoms with Gasteiger partial charge >= 0.3 is 5.69 Å². The third-order valence-corrected chi connectivity index (χ3v) is 2.41. The average Bonchev–Trinajstić information content (AvgIpc) is 2.53. The van der Waals surface area contributed by atoms with Crippen LogP contribution in [0.25, 0.3) is 11.0 Å². The van der Waals surface area contributed by atoms with Crippen molar-refractivity contribution in [3.63, 3.8) is 0 Å². The highest BCUT2D eigenvalue weighted by atomic mass is 16.1. The van der Waals surface area contributed by atoms with Gasteiger partial charge < -0.3 is 10.7 Å². The molecule has 1 aromatic heterocycles. The highest BCUT2D eigenvalue weighted by molar-refractivity contribution is 5.75. The van der Waals surface area contributed by atoms with Crippen molar-refractivity contribution < 1.29 is 0 Å². The van der Waals surface area contributed by atoms with Crippen LogP contribution in [0.5, 0.6) is 0 Å². The number of aromatic nitrogens is 2. The van der Waals surface area contributed by atoms with Gasteiger partial charge in [-0.25, -0.2) is 4.79 Å². The lowest BCUT2D eigenvalue weighted by Gasteiger charge is -2.09. The Labute approximate surface area is 81.3 Å². The summed E-state index contributed by atoms with van der Waals surface area (Å²) in [5.74, 6) is 0. The van der Waals surface area contributed by atoms with Gasteiger partial charge in [-0.2, -0.15) is 0 Å². The molecule has 14 heavy (non-hydrogen) atoms.